The molecule has 0 heterocycles. The number of sulfone groups is 1. The zero-order chi connectivity index (χ0) is 14.1. The molecule has 0 spiro atoms. The van der Waals surface area contributed by atoms with Gasteiger partial charge in [0.1, 0.15) is 0 Å². The third kappa shape index (κ3) is 2.90. The monoisotopic (exact) mass is 372 g/mol. The summed E-state index contributed by atoms with van der Waals surface area (Å²) in [6, 6.07) is 4.32. The topological polar surface area (TPSA) is 51.2 Å². The van der Waals surface area contributed by atoms with Gasteiger partial charge in [0.25, 0.3) is 0 Å². The van der Waals surface area contributed by atoms with Crippen LogP contribution in [0, 0.1) is 0 Å². The summed E-state index contributed by atoms with van der Waals surface area (Å²) >= 11 is 14.7. The van der Waals surface area contributed by atoms with Gasteiger partial charge in [0.15, 0.2) is 19.3 Å². The van der Waals surface area contributed by atoms with E-state index in [1.54, 1.807) is 6.92 Å². The first-order valence-electron chi connectivity index (χ1n) is 5.02. The fraction of sp³-hybridized carbons (Fsp3) is 0.364. The summed E-state index contributed by atoms with van der Waals surface area (Å²) in [7, 11) is -3.61. The number of benzene rings is 1. The lowest BCUT2D eigenvalue weighted by Crippen LogP contribution is -2.39. The average Bonchev–Trinajstić information content (AvgIpc) is 2.25. The van der Waals surface area contributed by atoms with Crippen LogP contribution in [0.4, 0.5) is 0 Å². The summed E-state index contributed by atoms with van der Waals surface area (Å²) in [6.07, 6.45) is 1.11. The van der Waals surface area contributed by atoms with Crippen LogP contribution in [0.5, 0.6) is 0 Å². The van der Waals surface area contributed by atoms with Gasteiger partial charge in [-0.1, -0.05) is 46.1 Å². The minimum absolute atomic E-state index is 0.101. The van der Waals surface area contributed by atoms with Crippen LogP contribution < -0.4 is 0 Å². The zero-order valence-electron chi connectivity index (χ0n) is 9.71. The van der Waals surface area contributed by atoms with Crippen molar-refractivity contribution in [1.82, 2.24) is 0 Å². The lowest BCUT2D eigenvalue weighted by molar-refractivity contribution is 0.0976. The van der Waals surface area contributed by atoms with Crippen molar-refractivity contribution in [3.05, 3.63) is 33.8 Å². The Bertz CT molecular complexity index is 586. The Morgan fingerprint density at radius 3 is 2.33 bits per heavy atom. The molecule has 1 aromatic carbocycles. The van der Waals surface area contributed by atoms with E-state index >= 15 is 0 Å². The van der Waals surface area contributed by atoms with E-state index in [1.165, 1.54) is 18.2 Å². The molecular formula is C11H11BrCl2O3S. The molecule has 1 unspecified atom stereocenters. The standard InChI is InChI=1S/C11H11BrCl2O3S/c1-3-11(12,18(2,16)17)10(15)8-5-4-7(13)6-9(8)14/h4-6H,3H2,1-2H3. The van der Waals surface area contributed by atoms with Crippen molar-refractivity contribution in [2.24, 2.45) is 0 Å². The molecule has 0 fully saturated rings. The third-order valence-corrected chi connectivity index (χ3v) is 7.44. The SMILES string of the molecule is CCC(Br)(C(=O)c1ccc(Cl)cc1Cl)S(C)(=O)=O. The van der Waals surface area contributed by atoms with E-state index in [4.69, 9.17) is 23.2 Å². The molecule has 0 aliphatic heterocycles. The predicted molar refractivity (Wildman–Crippen MR) is 77.6 cm³/mol. The maximum absolute atomic E-state index is 12.3. The second-order valence-corrected chi connectivity index (χ2v) is 8.77. The number of Topliss-reactive ketones (excluding diaryl/α,β-unsaturated/α-hetero) is 1. The summed E-state index contributed by atoms with van der Waals surface area (Å²) in [4.78, 5) is 12.3. The maximum atomic E-state index is 12.3. The van der Waals surface area contributed by atoms with Crippen LogP contribution in [0.15, 0.2) is 18.2 Å². The Morgan fingerprint density at radius 1 is 1.39 bits per heavy atom. The Balaban J connectivity index is 3.37. The van der Waals surface area contributed by atoms with Crippen molar-refractivity contribution in [3.63, 3.8) is 0 Å². The van der Waals surface area contributed by atoms with E-state index in [9.17, 15) is 13.2 Å². The van der Waals surface area contributed by atoms with Gasteiger partial charge < -0.3 is 0 Å². The first kappa shape index (κ1) is 16.0. The van der Waals surface area contributed by atoms with Crippen molar-refractivity contribution in [2.45, 2.75) is 17.0 Å². The van der Waals surface area contributed by atoms with Crippen LogP contribution in [0.1, 0.15) is 23.7 Å². The van der Waals surface area contributed by atoms with Gasteiger partial charge >= 0.3 is 0 Å². The summed E-state index contributed by atoms with van der Waals surface area (Å²) in [5, 5.41) is 0.515. The molecule has 0 bridgehead atoms. The Morgan fingerprint density at radius 2 is 1.94 bits per heavy atom. The summed E-state index contributed by atoms with van der Waals surface area (Å²) in [6.45, 7) is 1.61. The third-order valence-electron chi connectivity index (χ3n) is 2.56. The van der Waals surface area contributed by atoms with Gasteiger partial charge in [0, 0.05) is 16.8 Å². The summed E-state index contributed by atoms with van der Waals surface area (Å²) in [5.41, 5.74) is 0.130. The average molecular weight is 374 g/mol. The van der Waals surface area contributed by atoms with Gasteiger partial charge in [-0.25, -0.2) is 8.42 Å². The molecule has 0 saturated heterocycles. The van der Waals surface area contributed by atoms with E-state index in [0.717, 1.165) is 6.26 Å². The molecular weight excluding hydrogens is 363 g/mol. The van der Waals surface area contributed by atoms with E-state index in [0.29, 0.717) is 5.02 Å². The van der Waals surface area contributed by atoms with E-state index < -0.39 is 19.3 Å². The van der Waals surface area contributed by atoms with Gasteiger partial charge in [-0.05, 0) is 24.6 Å². The predicted octanol–water partition coefficient (Wildman–Crippen LogP) is 3.72. The number of hydrogen-bond acceptors (Lipinski definition) is 3. The number of hydrogen-bond donors (Lipinski definition) is 0. The van der Waals surface area contributed by atoms with Crippen molar-refractivity contribution in [2.75, 3.05) is 6.26 Å². The Kier molecular flexibility index (Phi) is 4.87. The van der Waals surface area contributed by atoms with Gasteiger partial charge in [0.2, 0.25) is 0 Å². The molecule has 0 aliphatic rings. The van der Waals surface area contributed by atoms with Crippen molar-refractivity contribution >= 4 is 54.8 Å². The number of halogens is 3. The Labute approximate surface area is 125 Å². The Hall–Kier alpha value is -0.100. The number of ketones is 1. The first-order chi connectivity index (χ1) is 8.13. The molecule has 100 valence electrons. The quantitative estimate of drug-likeness (QED) is 0.596. The lowest BCUT2D eigenvalue weighted by Gasteiger charge is -2.22. The molecule has 3 nitrogen and oxygen atoms in total. The van der Waals surface area contributed by atoms with Crippen LogP contribution in [-0.4, -0.2) is 24.1 Å². The molecule has 18 heavy (non-hydrogen) atoms. The van der Waals surface area contributed by atoms with Crippen molar-refractivity contribution < 1.29 is 13.2 Å². The van der Waals surface area contributed by atoms with Crippen molar-refractivity contribution in [1.29, 1.82) is 0 Å². The molecule has 0 aromatic heterocycles. The molecule has 1 rings (SSSR count). The fourth-order valence-electron chi connectivity index (χ4n) is 1.47. The normalized spacial score (nSPS) is 15.2. The van der Waals surface area contributed by atoms with Gasteiger partial charge in [-0.2, -0.15) is 0 Å². The van der Waals surface area contributed by atoms with Crippen molar-refractivity contribution in [3.8, 4) is 0 Å². The number of alkyl halides is 1. The van der Waals surface area contributed by atoms with Crippen LogP contribution in [0.3, 0.4) is 0 Å². The maximum Gasteiger partial charge on any atom is 0.196 e. The van der Waals surface area contributed by atoms with Gasteiger partial charge in [0.05, 0.1) is 5.02 Å². The highest BCUT2D eigenvalue weighted by Gasteiger charge is 2.44. The highest BCUT2D eigenvalue weighted by Crippen LogP contribution is 2.35. The smallest absolute Gasteiger partial charge is 0.196 e. The van der Waals surface area contributed by atoms with E-state index in [-0.39, 0.29) is 17.0 Å². The summed E-state index contributed by atoms with van der Waals surface area (Å²) in [5.74, 6) is -0.589. The molecule has 1 aromatic rings. The molecule has 0 aliphatic carbocycles. The minimum Gasteiger partial charge on any atom is -0.291 e. The first-order valence-corrected chi connectivity index (χ1v) is 8.46. The van der Waals surface area contributed by atoms with Gasteiger partial charge in [-0.15, -0.1) is 0 Å². The molecule has 1 atom stereocenters. The fourth-order valence-corrected chi connectivity index (χ4v) is 3.14. The molecule has 7 heteroatoms. The van der Waals surface area contributed by atoms with Crippen LogP contribution >= 0.6 is 39.1 Å². The second-order valence-electron chi connectivity index (χ2n) is 3.81. The largest absolute Gasteiger partial charge is 0.291 e. The highest BCUT2D eigenvalue weighted by atomic mass is 79.9. The summed E-state index contributed by atoms with van der Waals surface area (Å²) < 4.78 is 21.8. The second kappa shape index (κ2) is 5.49. The lowest BCUT2D eigenvalue weighted by atomic mass is 10.1. The number of carbonyl (C=O) groups excluding carboxylic acids is 1. The zero-order valence-corrected chi connectivity index (χ0v) is 13.6. The highest BCUT2D eigenvalue weighted by molar-refractivity contribution is 9.12. The van der Waals surface area contributed by atoms with Crippen LogP contribution in [0.25, 0.3) is 0 Å². The number of rotatable bonds is 4. The molecule has 0 amide bonds. The molecule has 0 N–H and O–H groups in total. The van der Waals surface area contributed by atoms with Crippen LogP contribution in [0.2, 0.25) is 10.0 Å². The van der Waals surface area contributed by atoms with Crippen LogP contribution in [-0.2, 0) is 9.84 Å². The molecule has 0 saturated carbocycles. The van der Waals surface area contributed by atoms with Gasteiger partial charge in [-0.3, -0.25) is 4.79 Å². The molecule has 0 radical (unpaired) electrons. The number of carbonyl (C=O) groups is 1. The minimum atomic E-state index is -3.61. The van der Waals surface area contributed by atoms with E-state index in [2.05, 4.69) is 15.9 Å². The van der Waals surface area contributed by atoms with E-state index in [1.807, 2.05) is 0 Å².